The van der Waals surface area contributed by atoms with Crippen LogP contribution in [0, 0.1) is 0 Å². The molecule has 0 bridgehead atoms. The smallest absolute Gasteiger partial charge is 0.253 e. The average Bonchev–Trinajstić information content (AvgIpc) is 2.82. The molecule has 2 rings (SSSR count). The Kier molecular flexibility index (Phi) is 3.66. The highest BCUT2D eigenvalue weighted by Gasteiger charge is 2.11. The highest BCUT2D eigenvalue weighted by Crippen LogP contribution is 2.22. The van der Waals surface area contributed by atoms with Crippen LogP contribution in [0.2, 0.25) is 5.02 Å². The molecule has 0 unspecified atom stereocenters. The van der Waals surface area contributed by atoms with Crippen LogP contribution in [0.15, 0.2) is 35.0 Å². The zero-order chi connectivity index (χ0) is 12.3. The molecule has 17 heavy (non-hydrogen) atoms. The van der Waals surface area contributed by atoms with Gasteiger partial charge in [-0.1, -0.05) is 17.7 Å². The predicted molar refractivity (Wildman–Crippen MR) is 71.4 cm³/mol. The number of carbonyl (C=O) groups excluding carboxylic acids is 1. The Morgan fingerprint density at radius 3 is 2.94 bits per heavy atom. The number of halogens is 1. The van der Waals surface area contributed by atoms with Crippen molar-refractivity contribution >= 4 is 34.5 Å². The Hall–Kier alpha value is -1.52. The van der Waals surface area contributed by atoms with Crippen molar-refractivity contribution in [2.24, 2.45) is 0 Å². The fourth-order valence-corrected chi connectivity index (χ4v) is 2.28. The number of benzene rings is 1. The topological polar surface area (TPSA) is 55.1 Å². The standard InChI is InChI=1S/C12H11ClN2OS/c13-11-9(2-1-3-10(11)14)12(16)15-6-8-4-5-17-7-8/h1-5,7H,6,14H2,(H,15,16). The van der Waals surface area contributed by atoms with E-state index >= 15 is 0 Å². The summed E-state index contributed by atoms with van der Waals surface area (Å²) in [5, 5.41) is 7.05. The van der Waals surface area contributed by atoms with E-state index in [0.29, 0.717) is 22.8 Å². The zero-order valence-corrected chi connectivity index (χ0v) is 10.5. The van der Waals surface area contributed by atoms with Gasteiger partial charge in [0.2, 0.25) is 0 Å². The second kappa shape index (κ2) is 5.21. The summed E-state index contributed by atoms with van der Waals surface area (Å²) < 4.78 is 0. The van der Waals surface area contributed by atoms with Gasteiger partial charge in [0.05, 0.1) is 16.3 Å². The van der Waals surface area contributed by atoms with E-state index in [1.165, 1.54) is 0 Å². The second-order valence-electron chi connectivity index (χ2n) is 3.52. The Bertz CT molecular complexity index is 525. The van der Waals surface area contributed by atoms with E-state index in [1.807, 2.05) is 16.8 Å². The summed E-state index contributed by atoms with van der Waals surface area (Å²) in [5.74, 6) is -0.214. The minimum atomic E-state index is -0.214. The summed E-state index contributed by atoms with van der Waals surface area (Å²) in [5.41, 5.74) is 7.53. The average molecular weight is 267 g/mol. The van der Waals surface area contributed by atoms with Crippen molar-refractivity contribution in [3.05, 3.63) is 51.2 Å². The number of hydrogen-bond donors (Lipinski definition) is 2. The molecule has 0 fully saturated rings. The highest BCUT2D eigenvalue weighted by atomic mass is 35.5. The lowest BCUT2D eigenvalue weighted by molar-refractivity contribution is 0.0951. The molecule has 0 spiro atoms. The van der Waals surface area contributed by atoms with E-state index in [2.05, 4.69) is 5.32 Å². The number of thiophene rings is 1. The molecule has 0 aliphatic carbocycles. The Morgan fingerprint density at radius 2 is 2.24 bits per heavy atom. The first-order chi connectivity index (χ1) is 8.18. The molecule has 0 radical (unpaired) electrons. The molecule has 5 heteroatoms. The molecule has 0 aliphatic heterocycles. The lowest BCUT2D eigenvalue weighted by atomic mass is 10.2. The van der Waals surface area contributed by atoms with Gasteiger partial charge in [0.1, 0.15) is 0 Å². The first kappa shape index (κ1) is 12.0. The maximum absolute atomic E-state index is 11.9. The van der Waals surface area contributed by atoms with Crippen LogP contribution in [0.3, 0.4) is 0 Å². The monoisotopic (exact) mass is 266 g/mol. The SMILES string of the molecule is Nc1cccc(C(=O)NCc2ccsc2)c1Cl. The predicted octanol–water partition coefficient (Wildman–Crippen LogP) is 2.91. The fourth-order valence-electron chi connectivity index (χ4n) is 1.40. The first-order valence-corrected chi connectivity index (χ1v) is 6.34. The van der Waals surface area contributed by atoms with E-state index in [1.54, 1.807) is 29.5 Å². The number of nitrogens with one attached hydrogen (secondary N) is 1. The van der Waals surface area contributed by atoms with Crippen molar-refractivity contribution in [1.29, 1.82) is 0 Å². The molecular formula is C12H11ClN2OS. The van der Waals surface area contributed by atoms with Gasteiger partial charge in [-0.2, -0.15) is 11.3 Å². The van der Waals surface area contributed by atoms with Crippen LogP contribution in [0.4, 0.5) is 5.69 Å². The third kappa shape index (κ3) is 2.78. The van der Waals surface area contributed by atoms with Gasteiger partial charge in [0.25, 0.3) is 5.91 Å². The molecule has 0 aliphatic rings. The summed E-state index contributed by atoms with van der Waals surface area (Å²) in [6, 6.07) is 6.99. The first-order valence-electron chi connectivity index (χ1n) is 5.01. The summed E-state index contributed by atoms with van der Waals surface area (Å²) >= 11 is 7.56. The number of nitrogen functional groups attached to an aromatic ring is 1. The third-order valence-corrected chi connectivity index (χ3v) is 3.46. The largest absolute Gasteiger partial charge is 0.398 e. The van der Waals surface area contributed by atoms with Crippen LogP contribution in [0.25, 0.3) is 0 Å². The van der Waals surface area contributed by atoms with E-state index in [-0.39, 0.29) is 5.91 Å². The van der Waals surface area contributed by atoms with Crippen molar-refractivity contribution in [3.8, 4) is 0 Å². The lowest BCUT2D eigenvalue weighted by Gasteiger charge is -2.07. The summed E-state index contributed by atoms with van der Waals surface area (Å²) in [7, 11) is 0. The minimum absolute atomic E-state index is 0.214. The van der Waals surface area contributed by atoms with Crippen molar-refractivity contribution in [2.75, 3.05) is 5.73 Å². The molecule has 1 heterocycles. The van der Waals surface area contributed by atoms with Crippen molar-refractivity contribution in [2.45, 2.75) is 6.54 Å². The number of amides is 1. The summed E-state index contributed by atoms with van der Waals surface area (Å²) in [6.45, 7) is 0.494. The number of nitrogens with two attached hydrogens (primary N) is 1. The number of rotatable bonds is 3. The Balaban J connectivity index is 2.07. The Morgan fingerprint density at radius 1 is 1.41 bits per heavy atom. The molecule has 3 N–H and O–H groups in total. The van der Waals surface area contributed by atoms with Crippen molar-refractivity contribution in [1.82, 2.24) is 5.32 Å². The maximum Gasteiger partial charge on any atom is 0.253 e. The van der Waals surface area contributed by atoms with Gasteiger partial charge < -0.3 is 11.1 Å². The van der Waals surface area contributed by atoms with Gasteiger partial charge in [-0.25, -0.2) is 0 Å². The lowest BCUT2D eigenvalue weighted by Crippen LogP contribution is -2.23. The molecule has 3 nitrogen and oxygen atoms in total. The molecule has 1 aromatic heterocycles. The van der Waals surface area contributed by atoms with Crippen molar-refractivity contribution in [3.63, 3.8) is 0 Å². The molecule has 1 aromatic carbocycles. The van der Waals surface area contributed by atoms with E-state index in [0.717, 1.165) is 5.56 Å². The second-order valence-corrected chi connectivity index (χ2v) is 4.68. The van der Waals surface area contributed by atoms with E-state index < -0.39 is 0 Å². The minimum Gasteiger partial charge on any atom is -0.398 e. The van der Waals surface area contributed by atoms with Crippen LogP contribution in [0.5, 0.6) is 0 Å². The van der Waals surface area contributed by atoms with Crippen LogP contribution in [-0.4, -0.2) is 5.91 Å². The summed E-state index contributed by atoms with van der Waals surface area (Å²) in [4.78, 5) is 11.9. The van der Waals surface area contributed by atoms with Crippen LogP contribution in [-0.2, 0) is 6.54 Å². The Labute approximate surface area is 108 Å². The number of carbonyl (C=O) groups is 1. The van der Waals surface area contributed by atoms with Gasteiger partial charge in [-0.05, 0) is 34.5 Å². The molecule has 2 aromatic rings. The van der Waals surface area contributed by atoms with Crippen LogP contribution < -0.4 is 11.1 Å². The van der Waals surface area contributed by atoms with E-state index in [4.69, 9.17) is 17.3 Å². The number of hydrogen-bond acceptors (Lipinski definition) is 3. The van der Waals surface area contributed by atoms with Gasteiger partial charge in [-0.3, -0.25) is 4.79 Å². The van der Waals surface area contributed by atoms with Gasteiger partial charge in [-0.15, -0.1) is 0 Å². The molecule has 0 atom stereocenters. The van der Waals surface area contributed by atoms with Crippen LogP contribution >= 0.6 is 22.9 Å². The molecule has 0 saturated carbocycles. The normalized spacial score (nSPS) is 10.2. The highest BCUT2D eigenvalue weighted by molar-refractivity contribution is 7.07. The molecule has 88 valence electrons. The third-order valence-electron chi connectivity index (χ3n) is 2.31. The summed E-state index contributed by atoms with van der Waals surface area (Å²) in [6.07, 6.45) is 0. The van der Waals surface area contributed by atoms with Gasteiger partial charge >= 0.3 is 0 Å². The maximum atomic E-state index is 11.9. The molecule has 0 saturated heterocycles. The quantitative estimate of drug-likeness (QED) is 0.840. The van der Waals surface area contributed by atoms with Gasteiger partial charge in [0, 0.05) is 6.54 Å². The zero-order valence-electron chi connectivity index (χ0n) is 8.94. The number of anilines is 1. The van der Waals surface area contributed by atoms with E-state index in [9.17, 15) is 4.79 Å². The fraction of sp³-hybridized carbons (Fsp3) is 0.0833. The van der Waals surface area contributed by atoms with Crippen molar-refractivity contribution < 1.29 is 4.79 Å². The van der Waals surface area contributed by atoms with Crippen LogP contribution in [0.1, 0.15) is 15.9 Å². The molecular weight excluding hydrogens is 256 g/mol. The molecule has 1 amide bonds. The van der Waals surface area contributed by atoms with Gasteiger partial charge in [0.15, 0.2) is 0 Å².